The molecule has 0 fully saturated rings. The first kappa shape index (κ1) is 17.0. The molecular formula is C11H21NO6. The predicted octanol–water partition coefficient (Wildman–Crippen LogP) is -2.06. The molecule has 0 heterocycles. The van der Waals surface area contributed by atoms with Crippen LogP contribution in [0.5, 0.6) is 0 Å². The van der Waals surface area contributed by atoms with Crippen LogP contribution in [0.25, 0.3) is 0 Å². The number of nitrogens with one attached hydrogen (secondary N) is 1. The lowest BCUT2D eigenvalue weighted by Gasteiger charge is -2.28. The van der Waals surface area contributed by atoms with Crippen LogP contribution in [0.15, 0.2) is 0 Å². The van der Waals surface area contributed by atoms with Crippen LogP contribution < -0.4 is 5.32 Å². The molecule has 0 bridgehead atoms. The normalized spacial score (nSPS) is 17.7. The van der Waals surface area contributed by atoms with E-state index in [1.54, 1.807) is 6.92 Å². The summed E-state index contributed by atoms with van der Waals surface area (Å²) in [5, 5.41) is 39.4. The minimum atomic E-state index is -1.72. The lowest BCUT2D eigenvalue weighted by Crippen LogP contribution is -2.55. The number of amides is 1. The first-order valence-corrected chi connectivity index (χ1v) is 5.80. The second-order valence-corrected chi connectivity index (χ2v) is 4.13. The van der Waals surface area contributed by atoms with Gasteiger partial charge in [-0.3, -0.25) is 9.59 Å². The zero-order chi connectivity index (χ0) is 14.3. The molecule has 7 heteroatoms. The van der Waals surface area contributed by atoms with Crippen molar-refractivity contribution in [1.82, 2.24) is 5.32 Å². The smallest absolute Gasteiger partial charge is 0.217 e. The van der Waals surface area contributed by atoms with Crippen LogP contribution in [-0.2, 0) is 9.59 Å². The number of hydrogen-bond donors (Lipinski definition) is 5. The fourth-order valence-corrected chi connectivity index (χ4v) is 1.51. The summed E-state index contributed by atoms with van der Waals surface area (Å²) in [6, 6.07) is -1.29. The molecule has 0 unspecified atom stereocenters. The van der Waals surface area contributed by atoms with Crippen LogP contribution in [-0.4, -0.2) is 63.1 Å². The number of aliphatic hydroxyl groups excluding tert-OH is 4. The van der Waals surface area contributed by atoms with Gasteiger partial charge < -0.3 is 25.7 Å². The molecule has 18 heavy (non-hydrogen) atoms. The number of rotatable bonds is 8. The third kappa shape index (κ3) is 5.09. The van der Waals surface area contributed by atoms with Gasteiger partial charge in [0.15, 0.2) is 5.78 Å². The Bertz CT molecular complexity index is 283. The maximum Gasteiger partial charge on any atom is 0.217 e. The van der Waals surface area contributed by atoms with Crippen LogP contribution in [0, 0.1) is 0 Å². The molecule has 0 radical (unpaired) electrons. The molecule has 0 aromatic heterocycles. The van der Waals surface area contributed by atoms with E-state index in [0.29, 0.717) is 6.42 Å². The summed E-state index contributed by atoms with van der Waals surface area (Å²) in [6.45, 7) is 2.18. The molecule has 7 nitrogen and oxygen atoms in total. The summed E-state index contributed by atoms with van der Waals surface area (Å²) >= 11 is 0. The maximum absolute atomic E-state index is 11.7. The Morgan fingerprint density at radius 3 is 2.11 bits per heavy atom. The lowest BCUT2D eigenvalue weighted by molar-refractivity contribution is -0.136. The molecule has 0 rings (SSSR count). The van der Waals surface area contributed by atoms with Gasteiger partial charge in [0, 0.05) is 13.3 Å². The highest BCUT2D eigenvalue weighted by Gasteiger charge is 2.35. The highest BCUT2D eigenvalue weighted by atomic mass is 16.4. The molecule has 0 saturated heterocycles. The van der Waals surface area contributed by atoms with E-state index in [-0.39, 0.29) is 6.42 Å². The second-order valence-electron chi connectivity index (χ2n) is 4.13. The van der Waals surface area contributed by atoms with Crippen LogP contribution >= 0.6 is 0 Å². The molecule has 5 N–H and O–H groups in total. The van der Waals surface area contributed by atoms with Gasteiger partial charge in [0.05, 0.1) is 6.61 Å². The Hall–Kier alpha value is -1.02. The largest absolute Gasteiger partial charge is 0.394 e. The molecule has 0 aromatic rings. The lowest BCUT2D eigenvalue weighted by atomic mass is 9.96. The minimum Gasteiger partial charge on any atom is -0.394 e. The van der Waals surface area contributed by atoms with Gasteiger partial charge in [-0.05, 0) is 6.42 Å². The summed E-state index contributed by atoms with van der Waals surface area (Å²) in [7, 11) is 0. The van der Waals surface area contributed by atoms with Crippen LogP contribution in [0.4, 0.5) is 0 Å². The first-order valence-electron chi connectivity index (χ1n) is 5.80. The topological polar surface area (TPSA) is 127 Å². The van der Waals surface area contributed by atoms with Gasteiger partial charge >= 0.3 is 0 Å². The van der Waals surface area contributed by atoms with E-state index in [9.17, 15) is 24.9 Å². The van der Waals surface area contributed by atoms with E-state index in [1.807, 2.05) is 0 Å². The van der Waals surface area contributed by atoms with Crippen molar-refractivity contribution in [2.24, 2.45) is 0 Å². The molecule has 1 amide bonds. The van der Waals surface area contributed by atoms with Crippen molar-refractivity contribution >= 4 is 11.7 Å². The third-order valence-electron chi connectivity index (χ3n) is 2.47. The van der Waals surface area contributed by atoms with Gasteiger partial charge in [-0.2, -0.15) is 0 Å². The van der Waals surface area contributed by atoms with Crippen molar-refractivity contribution in [2.75, 3.05) is 6.61 Å². The standard InChI is InChI=1S/C11H21NO6/c1-3-4-7(15)9(12-6(2)14)11(18)10(17)8(16)5-13/h8-11,13,16-18H,3-5H2,1-2H3,(H,12,14)/t8-,9+,10-,11-/m1/s1. The number of carbonyl (C=O) groups excluding carboxylic acids is 2. The molecular weight excluding hydrogens is 242 g/mol. The van der Waals surface area contributed by atoms with E-state index >= 15 is 0 Å². The highest BCUT2D eigenvalue weighted by molar-refractivity contribution is 5.89. The Morgan fingerprint density at radius 1 is 1.17 bits per heavy atom. The second kappa shape index (κ2) is 8.15. The van der Waals surface area contributed by atoms with Gasteiger partial charge in [0.2, 0.25) is 5.91 Å². The summed E-state index contributed by atoms with van der Waals surface area (Å²) < 4.78 is 0. The molecule has 0 saturated carbocycles. The van der Waals surface area contributed by atoms with Gasteiger partial charge in [-0.25, -0.2) is 0 Å². The van der Waals surface area contributed by atoms with Gasteiger partial charge in [-0.1, -0.05) is 6.92 Å². The van der Waals surface area contributed by atoms with Crippen LogP contribution in [0.2, 0.25) is 0 Å². The predicted molar refractivity (Wildman–Crippen MR) is 62.6 cm³/mol. The number of carbonyl (C=O) groups is 2. The van der Waals surface area contributed by atoms with Crippen LogP contribution in [0.3, 0.4) is 0 Å². The van der Waals surface area contributed by atoms with Crippen molar-refractivity contribution in [3.8, 4) is 0 Å². The first-order chi connectivity index (χ1) is 8.34. The average Bonchev–Trinajstić information content (AvgIpc) is 2.33. The Morgan fingerprint density at radius 2 is 1.72 bits per heavy atom. The van der Waals surface area contributed by atoms with E-state index in [4.69, 9.17) is 5.11 Å². The summed E-state index contributed by atoms with van der Waals surface area (Å²) in [6.07, 6.45) is -4.31. The zero-order valence-electron chi connectivity index (χ0n) is 10.5. The molecule has 0 aliphatic carbocycles. The van der Waals surface area contributed by atoms with E-state index in [2.05, 4.69) is 5.32 Å². The highest BCUT2D eigenvalue weighted by Crippen LogP contribution is 2.09. The van der Waals surface area contributed by atoms with Crippen LogP contribution in [0.1, 0.15) is 26.7 Å². The van der Waals surface area contributed by atoms with Crippen molar-refractivity contribution < 1.29 is 30.0 Å². The van der Waals surface area contributed by atoms with Gasteiger partial charge in [0.1, 0.15) is 24.4 Å². The van der Waals surface area contributed by atoms with E-state index < -0.39 is 42.7 Å². The summed E-state index contributed by atoms with van der Waals surface area (Å²) in [4.78, 5) is 22.7. The third-order valence-corrected chi connectivity index (χ3v) is 2.47. The summed E-state index contributed by atoms with van der Waals surface area (Å²) in [5.41, 5.74) is 0. The fraction of sp³-hybridized carbons (Fsp3) is 0.818. The number of hydrogen-bond acceptors (Lipinski definition) is 6. The molecule has 106 valence electrons. The molecule has 0 aliphatic rings. The van der Waals surface area contributed by atoms with E-state index in [0.717, 1.165) is 0 Å². The molecule has 0 spiro atoms. The maximum atomic E-state index is 11.7. The number of aliphatic hydroxyl groups is 4. The van der Waals surface area contributed by atoms with E-state index in [1.165, 1.54) is 6.92 Å². The van der Waals surface area contributed by atoms with Gasteiger partial charge in [-0.15, -0.1) is 0 Å². The zero-order valence-corrected chi connectivity index (χ0v) is 10.5. The fourth-order valence-electron chi connectivity index (χ4n) is 1.51. The summed E-state index contributed by atoms with van der Waals surface area (Å²) in [5.74, 6) is -0.974. The monoisotopic (exact) mass is 263 g/mol. The number of Topliss-reactive ketones (excluding diaryl/α,β-unsaturated/α-hetero) is 1. The Kier molecular flexibility index (Phi) is 7.69. The Balaban J connectivity index is 4.83. The SMILES string of the molecule is CCCC(=O)[C@H](NC(C)=O)[C@@H](O)[C@H](O)[C@H](O)CO. The molecule has 4 atom stereocenters. The molecule has 0 aromatic carbocycles. The average molecular weight is 263 g/mol. The van der Waals surface area contributed by atoms with Crippen molar-refractivity contribution in [3.63, 3.8) is 0 Å². The van der Waals surface area contributed by atoms with Crippen molar-refractivity contribution in [1.29, 1.82) is 0 Å². The van der Waals surface area contributed by atoms with Crippen molar-refractivity contribution in [2.45, 2.75) is 51.0 Å². The van der Waals surface area contributed by atoms with Gasteiger partial charge in [0.25, 0.3) is 0 Å². The quantitative estimate of drug-likeness (QED) is 0.342. The van der Waals surface area contributed by atoms with Crippen molar-refractivity contribution in [3.05, 3.63) is 0 Å². The minimum absolute atomic E-state index is 0.129. The Labute approximate surface area is 105 Å². The molecule has 0 aliphatic heterocycles. The number of ketones is 1.